The van der Waals surface area contributed by atoms with E-state index in [0.717, 1.165) is 44.3 Å². The minimum atomic E-state index is -0.606. The van der Waals surface area contributed by atoms with Crippen molar-refractivity contribution in [2.45, 2.75) is 95.3 Å². The summed E-state index contributed by atoms with van der Waals surface area (Å²) in [5.74, 6) is 0.414. The summed E-state index contributed by atoms with van der Waals surface area (Å²) in [6.07, 6.45) is 6.04. The molecule has 0 saturated carbocycles. The number of amides is 3. The third-order valence-corrected chi connectivity index (χ3v) is 9.75. The van der Waals surface area contributed by atoms with Crippen molar-refractivity contribution in [3.05, 3.63) is 35.4 Å². The van der Waals surface area contributed by atoms with Gasteiger partial charge in [-0.15, -0.1) is 11.8 Å². The highest BCUT2D eigenvalue weighted by molar-refractivity contribution is 7.99. The molecule has 2 aliphatic heterocycles. The molecule has 0 radical (unpaired) electrons. The van der Waals surface area contributed by atoms with Crippen LogP contribution in [-0.2, 0) is 20.8 Å². The van der Waals surface area contributed by atoms with Crippen molar-refractivity contribution in [3.63, 3.8) is 0 Å². The van der Waals surface area contributed by atoms with E-state index in [1.165, 1.54) is 11.1 Å². The first-order chi connectivity index (χ1) is 16.8. The molecule has 2 unspecified atom stereocenters. The fraction of sp³-hybridized carbons (Fsp3) is 0.667. The van der Waals surface area contributed by atoms with Crippen LogP contribution in [0.1, 0.15) is 76.5 Å². The molecule has 3 amide bonds. The number of nitrogens with one attached hydrogen (secondary N) is 3. The molecule has 2 fully saturated rings. The molecule has 5 atom stereocenters. The number of hydrogen-bond donors (Lipinski definition) is 3. The van der Waals surface area contributed by atoms with Crippen molar-refractivity contribution in [2.75, 3.05) is 12.8 Å². The molecule has 1 aromatic carbocycles. The van der Waals surface area contributed by atoms with Gasteiger partial charge in [-0.25, -0.2) is 0 Å². The van der Waals surface area contributed by atoms with Crippen molar-refractivity contribution in [2.24, 2.45) is 5.41 Å². The van der Waals surface area contributed by atoms with Crippen LogP contribution in [-0.4, -0.2) is 58.9 Å². The van der Waals surface area contributed by atoms with Crippen LogP contribution in [0.2, 0.25) is 0 Å². The molecular weight excluding hydrogens is 460 g/mol. The Morgan fingerprint density at radius 1 is 1.14 bits per heavy atom. The Morgan fingerprint density at radius 2 is 1.89 bits per heavy atom. The molecule has 1 aliphatic carbocycles. The summed E-state index contributed by atoms with van der Waals surface area (Å²) in [5, 5.41) is 9.20. The standard InChI is InChI=1S/C27H40N4O3S/c1-5-27(6-2)16-22-31(26(34)21(14-15-35-22)30-24(32)17(3)28-4)23(27)25(33)29-20-13-9-11-18-10-7-8-12-19(18)20/h7-8,10,12,17,20-23,28H,5-6,9,11,13-16H2,1-4H3,(H,29,33)(H,30,32)/t17-,20?,21-,22-,23?/m0/s1. The second-order valence-electron chi connectivity index (χ2n) is 10.3. The van der Waals surface area contributed by atoms with E-state index < -0.39 is 12.1 Å². The summed E-state index contributed by atoms with van der Waals surface area (Å²) in [5.41, 5.74) is 2.23. The number of carbonyl (C=O) groups excluding carboxylic acids is 3. The molecule has 3 aliphatic rings. The highest BCUT2D eigenvalue weighted by Gasteiger charge is 2.57. The number of rotatable bonds is 7. The molecule has 35 heavy (non-hydrogen) atoms. The maximum atomic E-state index is 14.0. The number of likely N-dealkylation sites (N-methyl/N-ethyl adjacent to an activating group) is 1. The zero-order chi connectivity index (χ0) is 25.2. The Bertz CT molecular complexity index is 950. The van der Waals surface area contributed by atoms with Crippen LogP contribution in [0.5, 0.6) is 0 Å². The molecule has 4 rings (SSSR count). The van der Waals surface area contributed by atoms with E-state index in [9.17, 15) is 14.4 Å². The Labute approximate surface area is 213 Å². The zero-order valence-electron chi connectivity index (χ0n) is 21.4. The Balaban J connectivity index is 1.62. The monoisotopic (exact) mass is 500 g/mol. The lowest BCUT2D eigenvalue weighted by molar-refractivity contribution is -0.144. The summed E-state index contributed by atoms with van der Waals surface area (Å²) in [6, 6.07) is 6.80. The number of hydrogen-bond acceptors (Lipinski definition) is 5. The molecule has 3 N–H and O–H groups in total. The van der Waals surface area contributed by atoms with E-state index in [2.05, 4.69) is 48.0 Å². The normalized spacial score (nSPS) is 28.5. The van der Waals surface area contributed by atoms with Gasteiger partial charge >= 0.3 is 0 Å². The van der Waals surface area contributed by atoms with Crippen molar-refractivity contribution >= 4 is 29.5 Å². The fourth-order valence-corrected chi connectivity index (χ4v) is 7.58. The average molecular weight is 501 g/mol. The molecule has 7 nitrogen and oxygen atoms in total. The Hall–Kier alpha value is -2.06. The average Bonchev–Trinajstić information content (AvgIpc) is 3.14. The number of nitrogens with zero attached hydrogens (tertiary/aromatic N) is 1. The quantitative estimate of drug-likeness (QED) is 0.535. The number of carbonyl (C=O) groups is 3. The number of aryl methyl sites for hydroxylation is 1. The first-order valence-corrected chi connectivity index (χ1v) is 14.2. The minimum absolute atomic E-state index is 0.0281. The molecule has 2 heterocycles. The maximum Gasteiger partial charge on any atom is 0.246 e. The van der Waals surface area contributed by atoms with Gasteiger partial charge in [-0.1, -0.05) is 38.1 Å². The van der Waals surface area contributed by atoms with Crippen molar-refractivity contribution in [1.29, 1.82) is 0 Å². The molecule has 2 saturated heterocycles. The van der Waals surface area contributed by atoms with Gasteiger partial charge in [0.2, 0.25) is 17.7 Å². The van der Waals surface area contributed by atoms with Gasteiger partial charge in [0.25, 0.3) is 0 Å². The third kappa shape index (κ3) is 4.96. The third-order valence-electron chi connectivity index (χ3n) is 8.50. The highest BCUT2D eigenvalue weighted by atomic mass is 32.2. The van der Waals surface area contributed by atoms with Crippen molar-refractivity contribution < 1.29 is 14.4 Å². The Morgan fingerprint density at radius 3 is 2.60 bits per heavy atom. The van der Waals surface area contributed by atoms with Crippen LogP contribution in [0.15, 0.2) is 24.3 Å². The lowest BCUT2D eigenvalue weighted by Crippen LogP contribution is -2.58. The Kier molecular flexibility index (Phi) is 8.11. The van der Waals surface area contributed by atoms with Crippen molar-refractivity contribution in [3.8, 4) is 0 Å². The fourth-order valence-electron chi connectivity index (χ4n) is 6.10. The van der Waals surface area contributed by atoms with E-state index in [1.807, 2.05) is 11.0 Å². The molecule has 0 bridgehead atoms. The second-order valence-corrected chi connectivity index (χ2v) is 11.5. The van der Waals surface area contributed by atoms with Crippen LogP contribution in [0.4, 0.5) is 0 Å². The molecule has 0 spiro atoms. The summed E-state index contributed by atoms with van der Waals surface area (Å²) in [4.78, 5) is 42.4. The van der Waals surface area contributed by atoms with E-state index in [1.54, 1.807) is 25.7 Å². The van der Waals surface area contributed by atoms with E-state index in [-0.39, 0.29) is 40.6 Å². The van der Waals surface area contributed by atoms with Gasteiger partial charge in [-0.3, -0.25) is 14.4 Å². The van der Waals surface area contributed by atoms with Gasteiger partial charge in [0, 0.05) is 5.41 Å². The summed E-state index contributed by atoms with van der Waals surface area (Å²) in [7, 11) is 1.73. The molecule has 192 valence electrons. The van der Waals surface area contributed by atoms with Crippen molar-refractivity contribution in [1.82, 2.24) is 20.9 Å². The van der Waals surface area contributed by atoms with Gasteiger partial charge in [0.05, 0.1) is 17.5 Å². The summed E-state index contributed by atoms with van der Waals surface area (Å²) >= 11 is 1.75. The second kappa shape index (κ2) is 10.9. The lowest BCUT2D eigenvalue weighted by atomic mass is 9.74. The van der Waals surface area contributed by atoms with Crippen LogP contribution in [0.25, 0.3) is 0 Å². The van der Waals surface area contributed by atoms with E-state index >= 15 is 0 Å². The molecule has 8 heteroatoms. The number of fused-ring (bicyclic) bond motifs is 2. The summed E-state index contributed by atoms with van der Waals surface area (Å²) < 4.78 is 0. The van der Waals surface area contributed by atoms with Crippen LogP contribution < -0.4 is 16.0 Å². The molecule has 0 aromatic heterocycles. The first kappa shape index (κ1) is 26.0. The largest absolute Gasteiger partial charge is 0.347 e. The smallest absolute Gasteiger partial charge is 0.246 e. The maximum absolute atomic E-state index is 14.0. The predicted molar refractivity (Wildman–Crippen MR) is 140 cm³/mol. The van der Waals surface area contributed by atoms with Gasteiger partial charge in [0.1, 0.15) is 12.1 Å². The van der Waals surface area contributed by atoms with Crippen LogP contribution in [0.3, 0.4) is 0 Å². The highest BCUT2D eigenvalue weighted by Crippen LogP contribution is 2.50. The van der Waals surface area contributed by atoms with E-state index in [4.69, 9.17) is 0 Å². The zero-order valence-corrected chi connectivity index (χ0v) is 22.2. The minimum Gasteiger partial charge on any atom is -0.347 e. The predicted octanol–water partition coefficient (Wildman–Crippen LogP) is 3.14. The van der Waals surface area contributed by atoms with Crippen LogP contribution in [0, 0.1) is 5.41 Å². The van der Waals surface area contributed by atoms with Gasteiger partial charge < -0.3 is 20.9 Å². The van der Waals surface area contributed by atoms with Gasteiger partial charge in [-0.2, -0.15) is 0 Å². The van der Waals surface area contributed by atoms with Gasteiger partial charge in [-0.05, 0) is 75.8 Å². The summed E-state index contributed by atoms with van der Waals surface area (Å²) in [6.45, 7) is 6.05. The first-order valence-electron chi connectivity index (χ1n) is 13.1. The lowest BCUT2D eigenvalue weighted by Gasteiger charge is -2.38. The van der Waals surface area contributed by atoms with E-state index in [0.29, 0.717) is 6.42 Å². The number of thioether (sulfide) groups is 1. The topological polar surface area (TPSA) is 90.5 Å². The SMILES string of the molecule is CCC1(CC)C[C@@H]2SCC[C@H](NC(=O)[C@H](C)NC)C(=O)N2C1C(=O)NC1CCCc2ccccc21. The number of benzene rings is 1. The van der Waals surface area contributed by atoms with Gasteiger partial charge in [0.15, 0.2) is 0 Å². The molecule has 1 aromatic rings. The van der Waals surface area contributed by atoms with Crippen LogP contribution >= 0.6 is 11.8 Å². The molecular formula is C27H40N4O3S.